The monoisotopic (exact) mass is 257 g/mol. The van der Waals surface area contributed by atoms with Crippen molar-refractivity contribution in [3.8, 4) is 0 Å². The number of rotatable bonds is 5. The first-order chi connectivity index (χ1) is 9.12. The Morgan fingerprint density at radius 2 is 1.95 bits per heavy atom. The minimum absolute atomic E-state index is 0.223. The van der Waals surface area contributed by atoms with E-state index in [1.165, 1.54) is 13.2 Å². The van der Waals surface area contributed by atoms with Crippen molar-refractivity contribution < 1.29 is 9.53 Å². The number of nitrogens with one attached hydrogen (secondary N) is 1. The Labute approximate surface area is 114 Å². The first kappa shape index (κ1) is 14.8. The van der Waals surface area contributed by atoms with E-state index >= 15 is 0 Å². The summed E-state index contributed by atoms with van der Waals surface area (Å²) in [5, 5.41) is 2.83. The van der Waals surface area contributed by atoms with Crippen LogP contribution in [-0.2, 0) is 9.53 Å². The van der Waals surface area contributed by atoms with Gasteiger partial charge in [-0.2, -0.15) is 0 Å². The average molecular weight is 257 g/mol. The normalized spacial score (nSPS) is 11.9. The molecule has 0 fully saturated rings. The third-order valence-electron chi connectivity index (χ3n) is 2.56. The minimum Gasteiger partial charge on any atom is -0.496 e. The van der Waals surface area contributed by atoms with Crippen molar-refractivity contribution in [3.63, 3.8) is 0 Å². The van der Waals surface area contributed by atoms with Crippen LogP contribution in [0.3, 0.4) is 0 Å². The van der Waals surface area contributed by atoms with Crippen LogP contribution < -0.4 is 5.32 Å². The predicted octanol–water partition coefficient (Wildman–Crippen LogP) is 3.60. The molecule has 0 saturated carbocycles. The number of amides is 1. The molecule has 0 saturated heterocycles. The molecule has 1 aromatic carbocycles. The molecule has 0 heterocycles. The van der Waals surface area contributed by atoms with Gasteiger partial charge in [-0.15, -0.1) is 0 Å². The molecule has 100 valence electrons. The molecule has 0 atom stereocenters. The number of benzene rings is 1. The second-order valence-electron chi connectivity index (χ2n) is 4.01. The number of carbonyl (C=O) groups is 1. The van der Waals surface area contributed by atoms with Crippen LogP contribution in [0.25, 0.3) is 0 Å². The molecule has 1 rings (SSSR count). The molecule has 0 spiro atoms. The number of ether oxygens (including phenoxy) is 1. The van der Waals surface area contributed by atoms with Crippen LogP contribution in [0.15, 0.2) is 60.4 Å². The summed E-state index contributed by atoms with van der Waals surface area (Å²) in [5.74, 6) is 0.224. The topological polar surface area (TPSA) is 38.3 Å². The summed E-state index contributed by atoms with van der Waals surface area (Å²) in [4.78, 5) is 12.2. The zero-order valence-corrected chi connectivity index (χ0v) is 11.6. The van der Waals surface area contributed by atoms with Crippen molar-refractivity contribution in [3.05, 3.63) is 66.0 Å². The minimum atomic E-state index is -0.223. The maximum absolute atomic E-state index is 12.2. The van der Waals surface area contributed by atoms with E-state index in [1.807, 2.05) is 38.1 Å². The summed E-state index contributed by atoms with van der Waals surface area (Å²) in [7, 11) is 1.51. The highest BCUT2D eigenvalue weighted by Gasteiger charge is 2.11. The Morgan fingerprint density at radius 3 is 2.42 bits per heavy atom. The molecule has 3 heteroatoms. The zero-order chi connectivity index (χ0) is 14.3. The van der Waals surface area contributed by atoms with Crippen LogP contribution in [0, 0.1) is 6.92 Å². The SMILES string of the molecule is C=C/C(OC)=C(\C=C/C)C(=O)Nc1ccc(C)cc1. The maximum Gasteiger partial charge on any atom is 0.259 e. The van der Waals surface area contributed by atoms with Crippen molar-refractivity contribution in [2.45, 2.75) is 13.8 Å². The van der Waals surface area contributed by atoms with Crippen LogP contribution in [0.2, 0.25) is 0 Å². The van der Waals surface area contributed by atoms with Crippen molar-refractivity contribution in [1.29, 1.82) is 0 Å². The lowest BCUT2D eigenvalue weighted by Gasteiger charge is -2.09. The quantitative estimate of drug-likeness (QED) is 0.497. The molecular weight excluding hydrogens is 238 g/mol. The number of allylic oxidation sites excluding steroid dienone is 2. The smallest absolute Gasteiger partial charge is 0.259 e. The molecule has 0 unspecified atom stereocenters. The highest BCUT2D eigenvalue weighted by molar-refractivity contribution is 6.06. The van der Waals surface area contributed by atoms with E-state index in [-0.39, 0.29) is 5.91 Å². The molecule has 0 aromatic heterocycles. The Bertz CT molecular complexity index is 510. The molecule has 0 aliphatic heterocycles. The summed E-state index contributed by atoms with van der Waals surface area (Å²) in [6.45, 7) is 7.48. The molecule has 0 bridgehead atoms. The van der Waals surface area contributed by atoms with Crippen LogP contribution in [0.4, 0.5) is 5.69 Å². The van der Waals surface area contributed by atoms with Crippen molar-refractivity contribution in [2.75, 3.05) is 12.4 Å². The van der Waals surface area contributed by atoms with Crippen molar-refractivity contribution in [1.82, 2.24) is 0 Å². The molecule has 1 amide bonds. The lowest BCUT2D eigenvalue weighted by Crippen LogP contribution is -2.15. The van der Waals surface area contributed by atoms with E-state index < -0.39 is 0 Å². The Balaban J connectivity index is 2.99. The second kappa shape index (κ2) is 7.21. The lowest BCUT2D eigenvalue weighted by molar-refractivity contribution is -0.112. The van der Waals surface area contributed by atoms with Gasteiger partial charge in [0.15, 0.2) is 0 Å². The van der Waals surface area contributed by atoms with Crippen LogP contribution in [0.1, 0.15) is 12.5 Å². The van der Waals surface area contributed by atoms with Gasteiger partial charge in [0, 0.05) is 5.69 Å². The Hall–Kier alpha value is -2.29. The van der Waals surface area contributed by atoms with Crippen molar-refractivity contribution in [2.24, 2.45) is 0 Å². The summed E-state index contributed by atoms with van der Waals surface area (Å²) in [6, 6.07) is 7.61. The van der Waals surface area contributed by atoms with Gasteiger partial charge in [0.05, 0.1) is 12.7 Å². The van der Waals surface area contributed by atoms with E-state index in [2.05, 4.69) is 11.9 Å². The van der Waals surface area contributed by atoms with Gasteiger partial charge >= 0.3 is 0 Å². The van der Waals surface area contributed by atoms with Gasteiger partial charge in [-0.05, 0) is 38.1 Å². The van der Waals surface area contributed by atoms with E-state index in [1.54, 1.807) is 12.2 Å². The number of hydrogen-bond donors (Lipinski definition) is 1. The molecule has 0 aliphatic rings. The summed E-state index contributed by atoms with van der Waals surface area (Å²) in [5.41, 5.74) is 2.34. The van der Waals surface area contributed by atoms with E-state index in [0.717, 1.165) is 11.3 Å². The fourth-order valence-electron chi connectivity index (χ4n) is 1.57. The lowest BCUT2D eigenvalue weighted by atomic mass is 10.1. The van der Waals surface area contributed by atoms with Crippen LogP contribution >= 0.6 is 0 Å². The molecule has 0 radical (unpaired) electrons. The van der Waals surface area contributed by atoms with Crippen LogP contribution in [-0.4, -0.2) is 13.0 Å². The Kier molecular flexibility index (Phi) is 5.61. The summed E-state index contributed by atoms with van der Waals surface area (Å²) in [6.07, 6.45) is 5.00. The maximum atomic E-state index is 12.2. The fourth-order valence-corrected chi connectivity index (χ4v) is 1.57. The van der Waals surface area contributed by atoms with Gasteiger partial charge < -0.3 is 10.1 Å². The summed E-state index contributed by atoms with van der Waals surface area (Å²) < 4.78 is 5.14. The fraction of sp³-hybridized carbons (Fsp3) is 0.188. The third-order valence-corrected chi connectivity index (χ3v) is 2.56. The molecule has 0 aliphatic carbocycles. The highest BCUT2D eigenvalue weighted by Crippen LogP contribution is 2.14. The van der Waals surface area contributed by atoms with Gasteiger partial charge in [0.2, 0.25) is 0 Å². The molecule has 19 heavy (non-hydrogen) atoms. The largest absolute Gasteiger partial charge is 0.496 e. The summed E-state index contributed by atoms with van der Waals surface area (Å²) >= 11 is 0. The number of anilines is 1. The standard InChI is InChI=1S/C16H19NO2/c1-5-7-14(15(6-2)19-4)16(18)17-13-10-8-12(3)9-11-13/h5-11H,2H2,1,3-4H3,(H,17,18)/b7-5-,15-14-. The third kappa shape index (κ3) is 4.14. The number of hydrogen-bond acceptors (Lipinski definition) is 2. The van der Waals surface area contributed by atoms with Gasteiger partial charge in [0.1, 0.15) is 5.76 Å². The highest BCUT2D eigenvalue weighted by atomic mass is 16.5. The van der Waals surface area contributed by atoms with Crippen molar-refractivity contribution >= 4 is 11.6 Å². The van der Waals surface area contributed by atoms with E-state index in [4.69, 9.17) is 4.74 Å². The first-order valence-electron chi connectivity index (χ1n) is 6.03. The number of methoxy groups -OCH3 is 1. The van der Waals surface area contributed by atoms with E-state index in [0.29, 0.717) is 11.3 Å². The second-order valence-corrected chi connectivity index (χ2v) is 4.01. The molecule has 3 nitrogen and oxygen atoms in total. The average Bonchev–Trinajstić information content (AvgIpc) is 2.41. The molecule has 1 N–H and O–H groups in total. The van der Waals surface area contributed by atoms with Gasteiger partial charge in [-0.25, -0.2) is 0 Å². The predicted molar refractivity (Wildman–Crippen MR) is 78.9 cm³/mol. The molecule has 1 aromatic rings. The van der Waals surface area contributed by atoms with E-state index in [9.17, 15) is 4.79 Å². The van der Waals surface area contributed by atoms with Gasteiger partial charge in [-0.3, -0.25) is 4.79 Å². The number of carbonyl (C=O) groups excluding carboxylic acids is 1. The Morgan fingerprint density at radius 1 is 1.32 bits per heavy atom. The number of aryl methyl sites for hydroxylation is 1. The van der Waals surface area contributed by atoms with Gasteiger partial charge in [-0.1, -0.05) is 30.4 Å². The zero-order valence-electron chi connectivity index (χ0n) is 11.6. The first-order valence-corrected chi connectivity index (χ1v) is 6.03. The van der Waals surface area contributed by atoms with Gasteiger partial charge in [0.25, 0.3) is 5.91 Å². The molecular formula is C16H19NO2. The van der Waals surface area contributed by atoms with Crippen LogP contribution in [0.5, 0.6) is 0 Å².